The van der Waals surface area contributed by atoms with Crippen molar-refractivity contribution in [1.29, 1.82) is 0 Å². The van der Waals surface area contributed by atoms with E-state index in [1.165, 1.54) is 0 Å². The topological polar surface area (TPSA) is 56.8 Å². The Kier molecular flexibility index (Phi) is 9.08. The van der Waals surface area contributed by atoms with Crippen LogP contribution in [0.3, 0.4) is 0 Å². The third-order valence-electron chi connectivity index (χ3n) is 6.67. The first-order chi connectivity index (χ1) is 15.7. The molecule has 0 radical (unpaired) electrons. The maximum atomic E-state index is 13.6. The van der Waals surface area contributed by atoms with Crippen LogP contribution in [0.2, 0.25) is 5.02 Å². The first-order valence-electron chi connectivity index (χ1n) is 12.5. The lowest BCUT2D eigenvalue weighted by atomic mass is 9.78. The molecule has 1 N–H and O–H groups in total. The highest BCUT2D eigenvalue weighted by atomic mass is 35.5. The predicted octanol–water partition coefficient (Wildman–Crippen LogP) is 6.05. The molecule has 1 atom stereocenters. The molecule has 0 bridgehead atoms. The second kappa shape index (κ2) is 10.5. The molecule has 1 fully saturated rings. The summed E-state index contributed by atoms with van der Waals surface area (Å²) in [7, 11) is -1.36. The fourth-order valence-electron chi connectivity index (χ4n) is 4.64. The minimum atomic E-state index is -0.748. The number of rotatable bonds is 9. The van der Waals surface area contributed by atoms with Gasteiger partial charge in [0.25, 0.3) is 5.91 Å². The first-order valence-corrected chi connectivity index (χ1v) is 15.9. The predicted molar refractivity (Wildman–Crippen MR) is 153 cm³/mol. The van der Waals surface area contributed by atoms with Gasteiger partial charge in [0, 0.05) is 11.3 Å². The highest BCUT2D eigenvalue weighted by Crippen LogP contribution is 2.40. The van der Waals surface area contributed by atoms with Gasteiger partial charge < -0.3 is 19.4 Å². The molecule has 1 aromatic rings. The standard InChI is InChI=1S/C27H47BClNO4S/c1-13-27(9)26(7,8)33-28(34-27)19-16-20(23(31)30-25(5,6)18-24(2,3)4)22(21(29)17-19)32-14-15-35(10,11)12/h16-17H,13-15,18H2,1-12H3,(H,30,31). The summed E-state index contributed by atoms with van der Waals surface area (Å²) in [5, 5.41) is 3.60. The van der Waals surface area contributed by atoms with E-state index in [-0.39, 0.29) is 11.3 Å². The Bertz CT molecular complexity index is 923. The van der Waals surface area contributed by atoms with Gasteiger partial charge in [-0.3, -0.25) is 4.79 Å². The van der Waals surface area contributed by atoms with Crippen molar-refractivity contribution in [2.24, 2.45) is 5.41 Å². The quantitative estimate of drug-likeness (QED) is 0.397. The van der Waals surface area contributed by atoms with E-state index in [4.69, 9.17) is 25.6 Å². The maximum Gasteiger partial charge on any atom is 0.494 e. The van der Waals surface area contributed by atoms with Crippen LogP contribution in [-0.4, -0.2) is 60.9 Å². The van der Waals surface area contributed by atoms with Crippen LogP contribution in [0, 0.1) is 5.41 Å². The van der Waals surface area contributed by atoms with Crippen LogP contribution in [0.4, 0.5) is 0 Å². The summed E-state index contributed by atoms with van der Waals surface area (Å²) in [6.07, 6.45) is 8.34. The normalized spacial score (nSPS) is 21.2. The maximum absolute atomic E-state index is 13.6. The Labute approximate surface area is 220 Å². The lowest BCUT2D eigenvalue weighted by Crippen LogP contribution is -2.46. The summed E-state index contributed by atoms with van der Waals surface area (Å²) in [5.74, 6) is 1.12. The molecule has 1 heterocycles. The van der Waals surface area contributed by atoms with E-state index in [1.807, 2.05) is 33.8 Å². The van der Waals surface area contributed by atoms with Crippen LogP contribution >= 0.6 is 21.6 Å². The van der Waals surface area contributed by atoms with Gasteiger partial charge in [0.2, 0.25) is 0 Å². The van der Waals surface area contributed by atoms with Crippen LogP contribution in [0.25, 0.3) is 0 Å². The van der Waals surface area contributed by atoms with E-state index in [2.05, 4.69) is 58.7 Å². The molecule has 0 spiro atoms. The van der Waals surface area contributed by atoms with Gasteiger partial charge in [0.15, 0.2) is 5.75 Å². The molecule has 1 unspecified atom stereocenters. The van der Waals surface area contributed by atoms with Gasteiger partial charge in [-0.05, 0) is 89.2 Å². The SMILES string of the molecule is CCC1(C)OB(c2cc(Cl)c(OCCS(C)(C)C)c(C(=O)NC(C)(C)CC(C)(C)C)c2)OC1(C)C. The average molecular weight is 528 g/mol. The number of halogens is 1. The number of carbonyl (C=O) groups is 1. The molecule has 8 heteroatoms. The fraction of sp³-hybridized carbons (Fsp3) is 0.741. The van der Waals surface area contributed by atoms with Gasteiger partial charge in [0.1, 0.15) is 0 Å². The summed E-state index contributed by atoms with van der Waals surface area (Å²) >= 11 is 6.75. The van der Waals surface area contributed by atoms with Crippen molar-refractivity contribution < 1.29 is 18.8 Å². The van der Waals surface area contributed by atoms with Crippen LogP contribution in [-0.2, 0) is 9.31 Å². The van der Waals surface area contributed by atoms with E-state index in [0.717, 1.165) is 18.6 Å². The molecule has 1 aromatic carbocycles. The number of ether oxygens (including phenoxy) is 1. The van der Waals surface area contributed by atoms with E-state index in [1.54, 1.807) is 6.07 Å². The molecule has 35 heavy (non-hydrogen) atoms. The van der Waals surface area contributed by atoms with Gasteiger partial charge >= 0.3 is 7.12 Å². The van der Waals surface area contributed by atoms with Crippen molar-refractivity contribution in [3.8, 4) is 5.75 Å². The second-order valence-electron chi connectivity index (χ2n) is 13.3. The summed E-state index contributed by atoms with van der Waals surface area (Å²) in [4.78, 5) is 13.6. The van der Waals surface area contributed by atoms with Gasteiger partial charge in [-0.15, -0.1) is 0 Å². The largest absolute Gasteiger partial charge is 0.494 e. The fourth-order valence-corrected chi connectivity index (χ4v) is 5.51. The highest BCUT2D eigenvalue weighted by Gasteiger charge is 2.53. The summed E-state index contributed by atoms with van der Waals surface area (Å²) < 4.78 is 18.8. The summed E-state index contributed by atoms with van der Waals surface area (Å²) in [6.45, 7) is 19.3. The zero-order chi connectivity index (χ0) is 27.0. The molecule has 0 aromatic heterocycles. The zero-order valence-corrected chi connectivity index (χ0v) is 25.6. The number of carbonyl (C=O) groups excluding carboxylic acids is 1. The first kappa shape index (κ1) is 30.3. The van der Waals surface area contributed by atoms with Crippen molar-refractivity contribution in [2.45, 2.75) is 91.9 Å². The van der Waals surface area contributed by atoms with Crippen molar-refractivity contribution in [3.05, 3.63) is 22.7 Å². The molecule has 5 nitrogen and oxygen atoms in total. The minimum absolute atomic E-state index is 0.0623. The van der Waals surface area contributed by atoms with E-state index in [9.17, 15) is 4.79 Å². The summed E-state index contributed by atoms with van der Waals surface area (Å²) in [6, 6.07) is 3.62. The Morgan fingerprint density at radius 2 is 1.71 bits per heavy atom. The number of amides is 1. The van der Waals surface area contributed by atoms with E-state index < -0.39 is 33.9 Å². The molecule has 0 saturated carbocycles. The lowest BCUT2D eigenvalue weighted by molar-refractivity contribution is -0.0118. The number of hydrogen-bond acceptors (Lipinski definition) is 4. The number of benzene rings is 1. The second-order valence-corrected chi connectivity index (χ2v) is 18.3. The van der Waals surface area contributed by atoms with Gasteiger partial charge in [0.05, 0.1) is 28.4 Å². The molecule has 1 amide bonds. The minimum Gasteiger partial charge on any atom is -0.490 e. The highest BCUT2D eigenvalue weighted by molar-refractivity contribution is 8.32. The van der Waals surface area contributed by atoms with Crippen molar-refractivity contribution >= 4 is 40.1 Å². The van der Waals surface area contributed by atoms with Gasteiger partial charge in [-0.25, -0.2) is 10.0 Å². The molecule has 1 saturated heterocycles. The third kappa shape index (κ3) is 8.05. The van der Waals surface area contributed by atoms with E-state index >= 15 is 0 Å². The Balaban J connectivity index is 2.45. The van der Waals surface area contributed by atoms with Crippen LogP contribution in [0.5, 0.6) is 5.75 Å². The van der Waals surface area contributed by atoms with Crippen LogP contribution < -0.4 is 15.5 Å². The molecule has 1 aliphatic rings. The molecule has 0 aliphatic carbocycles. The van der Waals surface area contributed by atoms with Gasteiger partial charge in [-0.1, -0.05) is 39.3 Å². The van der Waals surface area contributed by atoms with E-state index in [0.29, 0.717) is 28.4 Å². The van der Waals surface area contributed by atoms with Crippen molar-refractivity contribution in [3.63, 3.8) is 0 Å². The smallest absolute Gasteiger partial charge is 0.490 e. The lowest BCUT2D eigenvalue weighted by Gasteiger charge is -2.35. The van der Waals surface area contributed by atoms with Crippen LogP contribution in [0.1, 0.15) is 85.5 Å². The monoisotopic (exact) mass is 527 g/mol. The number of nitrogens with one attached hydrogen (secondary N) is 1. The Hall–Kier alpha value is -0.885. The van der Waals surface area contributed by atoms with Crippen LogP contribution in [0.15, 0.2) is 12.1 Å². The zero-order valence-electron chi connectivity index (χ0n) is 24.0. The molecular weight excluding hydrogens is 481 g/mol. The molecule has 200 valence electrons. The summed E-state index contributed by atoms with van der Waals surface area (Å²) in [5.41, 5.74) is -0.158. The average Bonchev–Trinajstić information content (AvgIpc) is 2.89. The third-order valence-corrected chi connectivity index (χ3v) is 8.34. The number of hydrogen-bond donors (Lipinski definition) is 1. The molecular formula is C27H47BClNO4S. The van der Waals surface area contributed by atoms with Crippen molar-refractivity contribution in [2.75, 3.05) is 31.1 Å². The Morgan fingerprint density at radius 3 is 2.20 bits per heavy atom. The van der Waals surface area contributed by atoms with Gasteiger partial charge in [-0.2, -0.15) is 0 Å². The molecule has 1 aliphatic heterocycles. The van der Waals surface area contributed by atoms with Crippen molar-refractivity contribution in [1.82, 2.24) is 5.32 Å². The molecule has 2 rings (SSSR count). The Morgan fingerprint density at radius 1 is 1.11 bits per heavy atom.